The van der Waals surface area contributed by atoms with Crippen LogP contribution in [-0.2, 0) is 4.79 Å². The van der Waals surface area contributed by atoms with E-state index in [1.54, 1.807) is 32.4 Å². The molecule has 1 unspecified atom stereocenters. The quantitative estimate of drug-likeness (QED) is 0.754. The van der Waals surface area contributed by atoms with Crippen LogP contribution in [-0.4, -0.2) is 31.6 Å². The molecule has 1 atom stereocenters. The Bertz CT molecular complexity index is 819. The molecule has 1 amide bonds. The van der Waals surface area contributed by atoms with Crippen molar-refractivity contribution in [1.82, 2.24) is 4.90 Å². The number of likely N-dealkylation sites (tertiary alicyclic amines) is 1. The molecule has 1 saturated heterocycles. The Morgan fingerprint density at radius 1 is 1.19 bits per heavy atom. The zero-order valence-corrected chi connectivity index (χ0v) is 14.9. The van der Waals surface area contributed by atoms with E-state index in [9.17, 15) is 9.18 Å². The van der Waals surface area contributed by atoms with Gasteiger partial charge in [-0.15, -0.1) is 0 Å². The van der Waals surface area contributed by atoms with Crippen LogP contribution in [0.1, 0.15) is 30.0 Å². The van der Waals surface area contributed by atoms with Gasteiger partial charge in [-0.3, -0.25) is 4.79 Å². The Labute approximate surface area is 152 Å². The Hall–Kier alpha value is -2.82. The van der Waals surface area contributed by atoms with Gasteiger partial charge < -0.3 is 14.4 Å². The van der Waals surface area contributed by atoms with Gasteiger partial charge in [-0.1, -0.05) is 18.2 Å². The largest absolute Gasteiger partial charge is 0.497 e. The molecule has 0 aromatic heterocycles. The third-order valence-corrected chi connectivity index (χ3v) is 4.65. The summed E-state index contributed by atoms with van der Waals surface area (Å²) < 4.78 is 24.5. The molecule has 1 heterocycles. The van der Waals surface area contributed by atoms with Crippen molar-refractivity contribution >= 4 is 12.0 Å². The first-order valence-electron chi connectivity index (χ1n) is 8.59. The van der Waals surface area contributed by atoms with Crippen LogP contribution in [0.2, 0.25) is 0 Å². The molecule has 4 nitrogen and oxygen atoms in total. The number of carbonyl (C=O) groups is 1. The number of hydrogen-bond acceptors (Lipinski definition) is 3. The highest BCUT2D eigenvalue weighted by Crippen LogP contribution is 2.38. The average Bonchev–Trinajstić information content (AvgIpc) is 3.16. The molecule has 0 bridgehead atoms. The smallest absolute Gasteiger partial charge is 0.247 e. The fourth-order valence-corrected chi connectivity index (χ4v) is 3.31. The van der Waals surface area contributed by atoms with Crippen LogP contribution < -0.4 is 9.47 Å². The second-order valence-electron chi connectivity index (χ2n) is 6.15. The van der Waals surface area contributed by atoms with Crippen molar-refractivity contribution < 1.29 is 18.7 Å². The molecule has 0 saturated carbocycles. The molecule has 3 rings (SSSR count). The minimum absolute atomic E-state index is 0.0615. The predicted octanol–water partition coefficient (Wildman–Crippen LogP) is 4.22. The molecule has 1 aliphatic heterocycles. The first-order chi connectivity index (χ1) is 12.6. The van der Waals surface area contributed by atoms with Crippen LogP contribution in [0.4, 0.5) is 4.39 Å². The lowest BCUT2D eigenvalue weighted by Gasteiger charge is -2.25. The van der Waals surface area contributed by atoms with E-state index in [1.807, 2.05) is 23.1 Å². The summed E-state index contributed by atoms with van der Waals surface area (Å²) in [6, 6.07) is 12.0. The SMILES string of the molecule is COc1ccc(C2CCCN2C(=O)/C=C/c2ccccc2F)c(OC)c1. The van der Waals surface area contributed by atoms with Gasteiger partial charge in [0.15, 0.2) is 0 Å². The summed E-state index contributed by atoms with van der Waals surface area (Å²) in [7, 11) is 3.21. The summed E-state index contributed by atoms with van der Waals surface area (Å²) in [6.45, 7) is 0.667. The number of carbonyl (C=O) groups excluding carboxylic acids is 1. The summed E-state index contributed by atoms with van der Waals surface area (Å²) >= 11 is 0. The van der Waals surface area contributed by atoms with E-state index < -0.39 is 0 Å². The zero-order valence-electron chi connectivity index (χ0n) is 14.9. The van der Waals surface area contributed by atoms with E-state index in [2.05, 4.69) is 0 Å². The topological polar surface area (TPSA) is 38.8 Å². The number of nitrogens with zero attached hydrogens (tertiary/aromatic N) is 1. The van der Waals surface area contributed by atoms with Crippen molar-refractivity contribution in [1.29, 1.82) is 0 Å². The first-order valence-corrected chi connectivity index (χ1v) is 8.59. The molecule has 0 spiro atoms. The van der Waals surface area contributed by atoms with Crippen molar-refractivity contribution in [2.45, 2.75) is 18.9 Å². The molecule has 1 fully saturated rings. The number of methoxy groups -OCH3 is 2. The van der Waals surface area contributed by atoms with Crippen molar-refractivity contribution in [3.63, 3.8) is 0 Å². The highest BCUT2D eigenvalue weighted by molar-refractivity contribution is 5.92. The standard InChI is InChI=1S/C21H22FNO3/c1-25-16-10-11-17(20(14-16)26-2)19-8-5-13-23(19)21(24)12-9-15-6-3-4-7-18(15)22/h3-4,6-7,9-12,14,19H,5,8,13H2,1-2H3/b12-9+. The van der Waals surface area contributed by atoms with E-state index in [-0.39, 0.29) is 17.8 Å². The lowest BCUT2D eigenvalue weighted by Crippen LogP contribution is -2.29. The van der Waals surface area contributed by atoms with E-state index in [0.29, 0.717) is 23.6 Å². The van der Waals surface area contributed by atoms with Gasteiger partial charge >= 0.3 is 0 Å². The molecule has 136 valence electrons. The summed E-state index contributed by atoms with van der Waals surface area (Å²) in [6.07, 6.45) is 4.74. The monoisotopic (exact) mass is 355 g/mol. The number of halogens is 1. The van der Waals surface area contributed by atoms with Gasteiger partial charge in [0, 0.05) is 29.8 Å². The molecule has 0 N–H and O–H groups in total. The zero-order chi connectivity index (χ0) is 18.5. The Balaban J connectivity index is 1.82. The van der Waals surface area contributed by atoms with Gasteiger partial charge in [-0.2, -0.15) is 0 Å². The van der Waals surface area contributed by atoms with Gasteiger partial charge in [0.2, 0.25) is 5.91 Å². The molecule has 5 heteroatoms. The van der Waals surface area contributed by atoms with E-state index in [4.69, 9.17) is 9.47 Å². The molecule has 26 heavy (non-hydrogen) atoms. The van der Waals surface area contributed by atoms with Crippen molar-refractivity contribution in [2.75, 3.05) is 20.8 Å². The number of benzene rings is 2. The van der Waals surface area contributed by atoms with Crippen LogP contribution in [0.3, 0.4) is 0 Å². The normalized spacial score (nSPS) is 16.9. The van der Waals surface area contributed by atoms with E-state index in [0.717, 1.165) is 18.4 Å². The van der Waals surface area contributed by atoms with E-state index >= 15 is 0 Å². The van der Waals surface area contributed by atoms with Gasteiger partial charge in [0.05, 0.1) is 20.3 Å². The molecular weight excluding hydrogens is 333 g/mol. The molecule has 1 aliphatic rings. The number of hydrogen-bond donors (Lipinski definition) is 0. The van der Waals surface area contributed by atoms with Crippen LogP contribution >= 0.6 is 0 Å². The molecule has 0 aliphatic carbocycles. The first kappa shape index (κ1) is 18.0. The van der Waals surface area contributed by atoms with Crippen LogP contribution in [0.25, 0.3) is 6.08 Å². The maximum absolute atomic E-state index is 13.7. The minimum Gasteiger partial charge on any atom is -0.497 e. The maximum atomic E-state index is 13.7. The Morgan fingerprint density at radius 2 is 2.00 bits per heavy atom. The lowest BCUT2D eigenvalue weighted by molar-refractivity contribution is -0.126. The summed E-state index contributed by atoms with van der Waals surface area (Å²) in [5.74, 6) is 0.938. The van der Waals surface area contributed by atoms with Gasteiger partial charge in [-0.25, -0.2) is 4.39 Å². The predicted molar refractivity (Wildman–Crippen MR) is 98.7 cm³/mol. The fraction of sp³-hybridized carbons (Fsp3) is 0.286. The van der Waals surface area contributed by atoms with Crippen molar-refractivity contribution in [3.05, 3.63) is 65.5 Å². The highest BCUT2D eigenvalue weighted by atomic mass is 19.1. The summed E-state index contributed by atoms with van der Waals surface area (Å²) in [5, 5.41) is 0. The van der Waals surface area contributed by atoms with Crippen molar-refractivity contribution in [2.24, 2.45) is 0 Å². The van der Waals surface area contributed by atoms with Crippen LogP contribution in [0.15, 0.2) is 48.5 Å². The van der Waals surface area contributed by atoms with Crippen LogP contribution in [0.5, 0.6) is 11.5 Å². The van der Waals surface area contributed by atoms with Crippen LogP contribution in [0, 0.1) is 5.82 Å². The number of rotatable bonds is 5. The Kier molecular flexibility index (Phi) is 5.56. The number of amides is 1. The maximum Gasteiger partial charge on any atom is 0.247 e. The lowest BCUT2D eigenvalue weighted by atomic mass is 10.0. The second kappa shape index (κ2) is 8.04. The third kappa shape index (κ3) is 3.72. The highest BCUT2D eigenvalue weighted by Gasteiger charge is 2.31. The second-order valence-corrected chi connectivity index (χ2v) is 6.15. The number of ether oxygens (including phenoxy) is 2. The van der Waals surface area contributed by atoms with E-state index in [1.165, 1.54) is 18.2 Å². The minimum atomic E-state index is -0.341. The summed E-state index contributed by atoms with van der Waals surface area (Å²) in [5.41, 5.74) is 1.36. The average molecular weight is 355 g/mol. The fourth-order valence-electron chi connectivity index (χ4n) is 3.31. The van der Waals surface area contributed by atoms with Gasteiger partial charge in [0.1, 0.15) is 17.3 Å². The molecule has 2 aromatic carbocycles. The Morgan fingerprint density at radius 3 is 2.73 bits per heavy atom. The molecular formula is C21H22FNO3. The molecule has 0 radical (unpaired) electrons. The third-order valence-electron chi connectivity index (χ3n) is 4.65. The van der Waals surface area contributed by atoms with Gasteiger partial charge in [0.25, 0.3) is 0 Å². The van der Waals surface area contributed by atoms with Crippen molar-refractivity contribution in [3.8, 4) is 11.5 Å². The van der Waals surface area contributed by atoms with Gasteiger partial charge in [-0.05, 0) is 37.1 Å². The summed E-state index contributed by atoms with van der Waals surface area (Å²) in [4.78, 5) is 14.5. The molecule has 2 aromatic rings.